The summed E-state index contributed by atoms with van der Waals surface area (Å²) in [7, 11) is 0. The second kappa shape index (κ2) is 6.54. The van der Waals surface area contributed by atoms with Gasteiger partial charge in [-0.1, -0.05) is 50.7 Å². The summed E-state index contributed by atoms with van der Waals surface area (Å²) in [5, 5.41) is 0. The van der Waals surface area contributed by atoms with Gasteiger partial charge in [0.2, 0.25) is 0 Å². The van der Waals surface area contributed by atoms with Crippen molar-refractivity contribution in [3.8, 4) is 0 Å². The Bertz CT molecular complexity index is 297. The fourth-order valence-corrected chi connectivity index (χ4v) is 3.78. The molecular weight excluding hydrogens is 220 g/mol. The number of allylic oxidation sites excluding steroid dienone is 2. The topological polar surface area (TPSA) is 17.1 Å². The minimum Gasteiger partial charge on any atom is -0.298 e. The van der Waals surface area contributed by atoms with Crippen LogP contribution in [-0.2, 0) is 4.79 Å². The highest BCUT2D eigenvalue weighted by molar-refractivity contribution is 5.92. The zero-order valence-corrected chi connectivity index (χ0v) is 12.1. The second-order valence-electron chi connectivity index (χ2n) is 6.05. The van der Waals surface area contributed by atoms with Crippen molar-refractivity contribution >= 4 is 5.78 Å². The second-order valence-corrected chi connectivity index (χ2v) is 6.05. The highest BCUT2D eigenvalue weighted by Gasteiger charge is 2.40. The molecule has 0 radical (unpaired) electrons. The lowest BCUT2D eigenvalue weighted by Crippen LogP contribution is -2.17. The van der Waals surface area contributed by atoms with Crippen LogP contribution in [0.4, 0.5) is 0 Å². The minimum atomic E-state index is 0.321. The largest absolute Gasteiger partial charge is 0.298 e. The standard InChI is InChI=1S/C17H28O/c1-3-5-9-15-13-11-7-8-12-14(13)16(17(15)18)10-6-4-2/h15-16H,3-12H2,1-2H3/t15-,16-/m1/s1. The molecular formula is C17H28O. The smallest absolute Gasteiger partial charge is 0.147 e. The number of ketones is 1. The number of unbranched alkanes of at least 4 members (excludes halogenated alkanes) is 2. The fourth-order valence-electron chi connectivity index (χ4n) is 3.78. The number of hydrogen-bond acceptors (Lipinski definition) is 1. The Labute approximate surface area is 112 Å². The SMILES string of the molecule is CCCC[C@H]1C(=O)[C@H](CCCC)C2=C1CCCC2. The highest BCUT2D eigenvalue weighted by atomic mass is 16.1. The molecule has 2 atom stereocenters. The van der Waals surface area contributed by atoms with Gasteiger partial charge >= 0.3 is 0 Å². The zero-order chi connectivity index (χ0) is 13.0. The van der Waals surface area contributed by atoms with Crippen molar-refractivity contribution in [1.29, 1.82) is 0 Å². The van der Waals surface area contributed by atoms with Crippen molar-refractivity contribution in [3.63, 3.8) is 0 Å². The third kappa shape index (κ3) is 2.70. The molecule has 0 aromatic rings. The summed E-state index contributed by atoms with van der Waals surface area (Å²) in [5.74, 6) is 1.23. The lowest BCUT2D eigenvalue weighted by molar-refractivity contribution is -0.123. The van der Waals surface area contributed by atoms with Gasteiger partial charge in [-0.25, -0.2) is 0 Å². The number of rotatable bonds is 6. The molecule has 2 rings (SSSR count). The van der Waals surface area contributed by atoms with E-state index in [-0.39, 0.29) is 0 Å². The van der Waals surface area contributed by atoms with Crippen molar-refractivity contribution < 1.29 is 4.79 Å². The number of carbonyl (C=O) groups is 1. The van der Waals surface area contributed by atoms with Crippen LogP contribution in [0.2, 0.25) is 0 Å². The number of carbonyl (C=O) groups excluding carboxylic acids is 1. The van der Waals surface area contributed by atoms with Crippen LogP contribution in [0.25, 0.3) is 0 Å². The summed E-state index contributed by atoms with van der Waals surface area (Å²) in [4.78, 5) is 12.6. The maximum absolute atomic E-state index is 12.6. The van der Waals surface area contributed by atoms with E-state index >= 15 is 0 Å². The van der Waals surface area contributed by atoms with E-state index < -0.39 is 0 Å². The van der Waals surface area contributed by atoms with E-state index in [0.29, 0.717) is 17.6 Å². The molecule has 0 aliphatic heterocycles. The first-order chi connectivity index (χ1) is 8.79. The molecule has 0 N–H and O–H groups in total. The summed E-state index contributed by atoms with van der Waals surface area (Å²) in [5.41, 5.74) is 3.17. The van der Waals surface area contributed by atoms with E-state index in [2.05, 4.69) is 13.8 Å². The lowest BCUT2D eigenvalue weighted by atomic mass is 9.86. The molecule has 2 aliphatic carbocycles. The van der Waals surface area contributed by atoms with E-state index in [9.17, 15) is 4.79 Å². The van der Waals surface area contributed by atoms with Gasteiger partial charge in [0.25, 0.3) is 0 Å². The minimum absolute atomic E-state index is 0.321. The van der Waals surface area contributed by atoms with Gasteiger partial charge in [-0.2, -0.15) is 0 Å². The van der Waals surface area contributed by atoms with Gasteiger partial charge in [0.15, 0.2) is 0 Å². The summed E-state index contributed by atoms with van der Waals surface area (Å²) in [6.45, 7) is 4.45. The quantitative estimate of drug-likeness (QED) is 0.601. The van der Waals surface area contributed by atoms with Crippen LogP contribution < -0.4 is 0 Å². The first-order valence-electron chi connectivity index (χ1n) is 8.05. The van der Waals surface area contributed by atoms with Crippen molar-refractivity contribution in [2.45, 2.75) is 78.1 Å². The monoisotopic (exact) mass is 248 g/mol. The molecule has 1 heteroatoms. The molecule has 0 bridgehead atoms. The molecule has 0 fully saturated rings. The van der Waals surface area contributed by atoms with Crippen LogP contribution in [0.1, 0.15) is 78.1 Å². The van der Waals surface area contributed by atoms with Gasteiger partial charge in [0.05, 0.1) is 0 Å². The zero-order valence-electron chi connectivity index (χ0n) is 12.1. The molecule has 102 valence electrons. The Hall–Kier alpha value is -0.590. The summed E-state index contributed by atoms with van der Waals surface area (Å²) in [6.07, 6.45) is 12.2. The van der Waals surface area contributed by atoms with E-state index in [1.54, 1.807) is 11.1 Å². The Balaban J connectivity index is 2.12. The summed E-state index contributed by atoms with van der Waals surface area (Å²) >= 11 is 0. The summed E-state index contributed by atoms with van der Waals surface area (Å²) in [6, 6.07) is 0. The molecule has 0 heterocycles. The molecule has 18 heavy (non-hydrogen) atoms. The molecule has 0 saturated carbocycles. The third-order valence-electron chi connectivity index (χ3n) is 4.78. The molecule has 0 saturated heterocycles. The van der Waals surface area contributed by atoms with Crippen LogP contribution in [0.3, 0.4) is 0 Å². The average Bonchev–Trinajstić information content (AvgIpc) is 2.66. The van der Waals surface area contributed by atoms with Crippen LogP contribution >= 0.6 is 0 Å². The Morgan fingerprint density at radius 1 is 0.889 bits per heavy atom. The first-order valence-corrected chi connectivity index (χ1v) is 8.05. The Morgan fingerprint density at radius 2 is 1.33 bits per heavy atom. The van der Waals surface area contributed by atoms with E-state index in [4.69, 9.17) is 0 Å². The third-order valence-corrected chi connectivity index (χ3v) is 4.78. The van der Waals surface area contributed by atoms with Gasteiger partial charge in [-0.3, -0.25) is 4.79 Å². The maximum Gasteiger partial charge on any atom is 0.147 e. The van der Waals surface area contributed by atoms with E-state index in [1.165, 1.54) is 51.4 Å². The average molecular weight is 248 g/mol. The first kappa shape index (κ1) is 13.8. The normalized spacial score (nSPS) is 27.8. The van der Waals surface area contributed by atoms with Crippen molar-refractivity contribution in [3.05, 3.63) is 11.1 Å². The van der Waals surface area contributed by atoms with E-state index in [0.717, 1.165) is 12.8 Å². The molecule has 1 nitrogen and oxygen atoms in total. The molecule has 0 aromatic carbocycles. The molecule has 0 aromatic heterocycles. The Morgan fingerprint density at radius 3 is 1.72 bits per heavy atom. The van der Waals surface area contributed by atoms with Crippen molar-refractivity contribution in [2.75, 3.05) is 0 Å². The molecule has 0 spiro atoms. The Kier molecular flexibility index (Phi) is 5.03. The van der Waals surface area contributed by atoms with Gasteiger partial charge in [-0.15, -0.1) is 0 Å². The highest BCUT2D eigenvalue weighted by Crippen LogP contribution is 2.45. The molecule has 2 aliphatic rings. The molecule has 0 unspecified atom stereocenters. The van der Waals surface area contributed by atoms with Gasteiger partial charge in [-0.05, 0) is 38.5 Å². The molecule has 0 amide bonds. The van der Waals surface area contributed by atoms with Gasteiger partial charge in [0.1, 0.15) is 5.78 Å². The van der Waals surface area contributed by atoms with Gasteiger partial charge in [0, 0.05) is 11.8 Å². The summed E-state index contributed by atoms with van der Waals surface area (Å²) < 4.78 is 0. The lowest BCUT2D eigenvalue weighted by Gasteiger charge is -2.19. The fraction of sp³-hybridized carbons (Fsp3) is 0.824. The maximum atomic E-state index is 12.6. The van der Waals surface area contributed by atoms with Crippen LogP contribution in [0.15, 0.2) is 11.1 Å². The number of hydrogen-bond donors (Lipinski definition) is 0. The van der Waals surface area contributed by atoms with Crippen molar-refractivity contribution in [1.82, 2.24) is 0 Å². The number of Topliss-reactive ketones (excluding diaryl/α,β-unsaturated/α-hetero) is 1. The van der Waals surface area contributed by atoms with E-state index in [1.807, 2.05) is 0 Å². The predicted octanol–water partition coefficient (Wildman–Crippen LogP) is 5.05. The van der Waals surface area contributed by atoms with Crippen LogP contribution in [-0.4, -0.2) is 5.78 Å². The van der Waals surface area contributed by atoms with Gasteiger partial charge < -0.3 is 0 Å². The van der Waals surface area contributed by atoms with Crippen LogP contribution in [0, 0.1) is 11.8 Å². The predicted molar refractivity (Wildman–Crippen MR) is 76.5 cm³/mol. The van der Waals surface area contributed by atoms with Crippen LogP contribution in [0.5, 0.6) is 0 Å². The van der Waals surface area contributed by atoms with Crippen molar-refractivity contribution in [2.24, 2.45) is 11.8 Å².